The first kappa shape index (κ1) is 22.1. The fourth-order valence-electron chi connectivity index (χ4n) is 4.74. The maximum atomic E-state index is 14.1. The van der Waals surface area contributed by atoms with E-state index in [2.05, 4.69) is 22.5 Å². The van der Waals surface area contributed by atoms with E-state index in [1.807, 2.05) is 12.1 Å². The molecule has 3 aromatic rings. The molecule has 0 atom stereocenters. The lowest BCUT2D eigenvalue weighted by atomic mass is 9.82. The predicted octanol–water partition coefficient (Wildman–Crippen LogP) is 5.89. The zero-order valence-electron chi connectivity index (χ0n) is 19.1. The van der Waals surface area contributed by atoms with Gasteiger partial charge in [0.05, 0.1) is 23.6 Å². The largest absolute Gasteiger partial charge is 0.338 e. The van der Waals surface area contributed by atoms with Crippen molar-refractivity contribution in [1.29, 1.82) is 0 Å². The molecule has 2 aliphatic rings. The minimum Gasteiger partial charge on any atom is -0.338 e. The van der Waals surface area contributed by atoms with Crippen LogP contribution in [0, 0.1) is 17.7 Å². The van der Waals surface area contributed by atoms with E-state index >= 15 is 0 Å². The molecule has 0 bridgehead atoms. The summed E-state index contributed by atoms with van der Waals surface area (Å²) in [7, 11) is 0. The summed E-state index contributed by atoms with van der Waals surface area (Å²) in [4.78, 5) is 32.9. The summed E-state index contributed by atoms with van der Waals surface area (Å²) in [6, 6.07) is 15.0. The second-order valence-electron chi connectivity index (χ2n) is 9.18. The van der Waals surface area contributed by atoms with Crippen LogP contribution in [0.1, 0.15) is 48.5 Å². The number of carbonyl (C=O) groups excluding carboxylic acids is 2. The van der Waals surface area contributed by atoms with Crippen molar-refractivity contribution < 1.29 is 14.0 Å². The second kappa shape index (κ2) is 9.25. The van der Waals surface area contributed by atoms with Crippen LogP contribution in [-0.2, 0) is 11.3 Å². The van der Waals surface area contributed by atoms with Crippen LogP contribution in [-0.4, -0.2) is 16.8 Å². The number of nitrogens with one attached hydrogen (secondary N) is 2. The second-order valence-corrected chi connectivity index (χ2v) is 9.18. The van der Waals surface area contributed by atoms with E-state index in [-0.39, 0.29) is 17.5 Å². The van der Waals surface area contributed by atoms with Crippen molar-refractivity contribution >= 4 is 34.7 Å². The number of anilines is 4. The number of fused-ring (bicyclic) bond motifs is 2. The van der Waals surface area contributed by atoms with Gasteiger partial charge in [-0.25, -0.2) is 9.37 Å². The number of para-hydroxylation sites is 1. The van der Waals surface area contributed by atoms with Gasteiger partial charge < -0.3 is 15.5 Å². The van der Waals surface area contributed by atoms with E-state index < -0.39 is 11.7 Å². The molecule has 6 nitrogen and oxygen atoms in total. The molecule has 0 unspecified atom stereocenters. The van der Waals surface area contributed by atoms with E-state index in [0.717, 1.165) is 31.2 Å². The van der Waals surface area contributed by atoms with Crippen molar-refractivity contribution in [3.8, 4) is 0 Å². The lowest BCUT2D eigenvalue weighted by molar-refractivity contribution is -0.123. The predicted molar refractivity (Wildman–Crippen MR) is 131 cm³/mol. The number of amides is 2. The summed E-state index contributed by atoms with van der Waals surface area (Å²) in [5.74, 6) is 0.418. The molecule has 2 N–H and O–H groups in total. The van der Waals surface area contributed by atoms with Gasteiger partial charge in [-0.15, -0.1) is 0 Å². The zero-order valence-corrected chi connectivity index (χ0v) is 19.1. The Morgan fingerprint density at radius 1 is 1.06 bits per heavy atom. The third-order valence-corrected chi connectivity index (χ3v) is 6.78. The monoisotopic (exact) mass is 458 g/mol. The number of aromatic nitrogens is 1. The minimum atomic E-state index is -0.503. The Balaban J connectivity index is 1.50. The van der Waals surface area contributed by atoms with Crippen LogP contribution in [0.15, 0.2) is 60.8 Å². The quantitative estimate of drug-likeness (QED) is 0.513. The van der Waals surface area contributed by atoms with Crippen LogP contribution in [0.2, 0.25) is 0 Å². The number of carbonyl (C=O) groups is 2. The van der Waals surface area contributed by atoms with Crippen LogP contribution < -0.4 is 15.5 Å². The molecule has 1 aromatic heterocycles. The highest BCUT2D eigenvalue weighted by atomic mass is 19.1. The molecule has 34 heavy (non-hydrogen) atoms. The normalized spacial score (nSPS) is 19.3. The van der Waals surface area contributed by atoms with Gasteiger partial charge in [0.2, 0.25) is 5.91 Å². The van der Waals surface area contributed by atoms with Crippen molar-refractivity contribution in [3.05, 3.63) is 77.7 Å². The van der Waals surface area contributed by atoms with E-state index in [4.69, 9.17) is 0 Å². The number of hydrogen-bond donors (Lipinski definition) is 2. The topological polar surface area (TPSA) is 74.3 Å². The molecule has 174 valence electrons. The summed E-state index contributed by atoms with van der Waals surface area (Å²) in [6.07, 6.45) is 5.53. The smallest absolute Gasteiger partial charge is 0.255 e. The van der Waals surface area contributed by atoms with Gasteiger partial charge in [-0.2, -0.15) is 0 Å². The summed E-state index contributed by atoms with van der Waals surface area (Å²) >= 11 is 0. The Morgan fingerprint density at radius 2 is 1.85 bits per heavy atom. The Labute approximate surface area is 198 Å². The molecule has 2 aromatic carbocycles. The van der Waals surface area contributed by atoms with Crippen LogP contribution in [0.4, 0.5) is 27.3 Å². The summed E-state index contributed by atoms with van der Waals surface area (Å²) in [5.41, 5.74) is 2.70. The lowest BCUT2D eigenvalue weighted by Crippen LogP contribution is -2.37. The summed E-state index contributed by atoms with van der Waals surface area (Å²) in [5, 5.41) is 5.95. The number of halogens is 1. The molecule has 0 radical (unpaired) electrons. The third kappa shape index (κ3) is 4.38. The molecule has 7 heteroatoms. The van der Waals surface area contributed by atoms with E-state index in [1.165, 1.54) is 12.1 Å². The standard InChI is InChI=1S/C27H27FN4O2/c1-17-8-10-18(11-9-17)27(34)32-16-20-5-4-14-29-25(20)30-23-13-12-19(15-24(23)32)26(33)31-22-7-3-2-6-21(22)28/h2-7,12-15,17-18H,8-11,16H2,1H3,(H,29,30)(H,31,33). The molecule has 2 heterocycles. The van der Waals surface area contributed by atoms with Gasteiger partial charge in [-0.3, -0.25) is 9.59 Å². The Bertz CT molecular complexity index is 1240. The SMILES string of the molecule is CC1CCC(C(=O)N2Cc3cccnc3Nc3ccc(C(=O)Nc4ccccc4F)cc32)CC1. The van der Waals surface area contributed by atoms with Gasteiger partial charge >= 0.3 is 0 Å². The molecule has 1 aliphatic carbocycles. The van der Waals surface area contributed by atoms with Crippen LogP contribution in [0.3, 0.4) is 0 Å². The molecule has 5 rings (SSSR count). The fourth-order valence-corrected chi connectivity index (χ4v) is 4.74. The molecule has 1 fully saturated rings. The van der Waals surface area contributed by atoms with Crippen molar-refractivity contribution in [3.63, 3.8) is 0 Å². The van der Waals surface area contributed by atoms with Gasteiger partial charge in [-0.05, 0) is 68.0 Å². The highest BCUT2D eigenvalue weighted by Gasteiger charge is 2.32. The number of benzene rings is 2. The molecule has 0 saturated heterocycles. The summed E-state index contributed by atoms with van der Waals surface area (Å²) < 4.78 is 14.1. The maximum Gasteiger partial charge on any atom is 0.255 e. The first-order valence-electron chi connectivity index (χ1n) is 11.7. The first-order valence-corrected chi connectivity index (χ1v) is 11.7. The van der Waals surface area contributed by atoms with Gasteiger partial charge in [-0.1, -0.05) is 25.1 Å². The number of pyridine rings is 1. The van der Waals surface area contributed by atoms with Crippen LogP contribution >= 0.6 is 0 Å². The average molecular weight is 459 g/mol. The number of nitrogens with zero attached hydrogens (tertiary/aromatic N) is 2. The van der Waals surface area contributed by atoms with Crippen LogP contribution in [0.5, 0.6) is 0 Å². The summed E-state index contributed by atoms with van der Waals surface area (Å²) in [6.45, 7) is 2.60. The number of rotatable bonds is 3. The van der Waals surface area contributed by atoms with Crippen molar-refractivity contribution in [2.24, 2.45) is 11.8 Å². The molecular weight excluding hydrogens is 431 g/mol. The fraction of sp³-hybridized carbons (Fsp3) is 0.296. The third-order valence-electron chi connectivity index (χ3n) is 6.78. The van der Waals surface area contributed by atoms with Gasteiger partial charge in [0, 0.05) is 23.2 Å². The molecule has 0 spiro atoms. The van der Waals surface area contributed by atoms with Crippen LogP contribution in [0.25, 0.3) is 0 Å². The van der Waals surface area contributed by atoms with E-state index in [9.17, 15) is 14.0 Å². The van der Waals surface area contributed by atoms with Crippen molar-refractivity contribution in [2.45, 2.75) is 39.2 Å². The number of hydrogen-bond acceptors (Lipinski definition) is 4. The zero-order chi connectivity index (χ0) is 23.7. The lowest BCUT2D eigenvalue weighted by Gasteiger charge is -2.31. The Kier molecular flexibility index (Phi) is 6.01. The molecule has 1 aliphatic heterocycles. The maximum absolute atomic E-state index is 14.1. The Morgan fingerprint density at radius 3 is 2.65 bits per heavy atom. The van der Waals surface area contributed by atoms with Crippen molar-refractivity contribution in [2.75, 3.05) is 15.5 Å². The molecule has 2 amide bonds. The average Bonchev–Trinajstić information content (AvgIpc) is 3.01. The molecule has 1 saturated carbocycles. The van der Waals surface area contributed by atoms with Gasteiger partial charge in [0.25, 0.3) is 5.91 Å². The highest BCUT2D eigenvalue weighted by Crippen LogP contribution is 2.38. The highest BCUT2D eigenvalue weighted by molar-refractivity contribution is 6.07. The minimum absolute atomic E-state index is 0.0434. The molecular formula is C27H27FN4O2. The Hall–Kier alpha value is -3.74. The van der Waals surface area contributed by atoms with Crippen molar-refractivity contribution in [1.82, 2.24) is 4.98 Å². The van der Waals surface area contributed by atoms with E-state index in [1.54, 1.807) is 41.4 Å². The van der Waals surface area contributed by atoms with Gasteiger partial charge in [0.15, 0.2) is 0 Å². The van der Waals surface area contributed by atoms with Gasteiger partial charge in [0.1, 0.15) is 11.6 Å². The van der Waals surface area contributed by atoms with E-state index in [0.29, 0.717) is 35.2 Å². The first-order chi connectivity index (χ1) is 16.5.